The van der Waals surface area contributed by atoms with Crippen molar-refractivity contribution in [2.24, 2.45) is 0 Å². The standard InChI is InChI=1S/C21H12ClN3OS/c22-14-6-3-5-13(11-14)20-24-25-21(26-20)16-12-18(19-9-4-10-27-19)23-17-8-2-1-7-15(16)17/h1-12H. The first-order chi connectivity index (χ1) is 13.3. The fourth-order valence-corrected chi connectivity index (χ4v) is 3.85. The Bertz CT molecular complexity index is 1250. The van der Waals surface area contributed by atoms with Crippen LogP contribution in [-0.4, -0.2) is 15.2 Å². The number of pyridine rings is 1. The number of rotatable bonds is 3. The van der Waals surface area contributed by atoms with Crippen LogP contribution in [0.5, 0.6) is 0 Å². The predicted octanol–water partition coefficient (Wildman–Crippen LogP) is 6.33. The summed E-state index contributed by atoms with van der Waals surface area (Å²) in [5, 5.41) is 12.1. The van der Waals surface area contributed by atoms with Crippen molar-refractivity contribution in [3.05, 3.63) is 77.1 Å². The minimum absolute atomic E-state index is 0.436. The largest absolute Gasteiger partial charge is 0.416 e. The molecule has 27 heavy (non-hydrogen) atoms. The van der Waals surface area contributed by atoms with Crippen molar-refractivity contribution in [3.8, 4) is 33.5 Å². The zero-order valence-electron chi connectivity index (χ0n) is 14.0. The van der Waals surface area contributed by atoms with Gasteiger partial charge in [0.25, 0.3) is 0 Å². The van der Waals surface area contributed by atoms with Crippen LogP contribution >= 0.6 is 22.9 Å². The minimum atomic E-state index is 0.436. The molecule has 0 saturated heterocycles. The summed E-state index contributed by atoms with van der Waals surface area (Å²) in [6.45, 7) is 0. The summed E-state index contributed by atoms with van der Waals surface area (Å²) in [7, 11) is 0. The fourth-order valence-electron chi connectivity index (χ4n) is 2.97. The van der Waals surface area contributed by atoms with Crippen molar-refractivity contribution in [2.45, 2.75) is 0 Å². The molecule has 0 aliphatic carbocycles. The smallest absolute Gasteiger partial charge is 0.248 e. The lowest BCUT2D eigenvalue weighted by Crippen LogP contribution is -1.88. The van der Waals surface area contributed by atoms with E-state index in [2.05, 4.69) is 16.3 Å². The zero-order valence-corrected chi connectivity index (χ0v) is 15.5. The lowest BCUT2D eigenvalue weighted by Gasteiger charge is -2.06. The molecule has 0 atom stereocenters. The SMILES string of the molecule is Clc1cccc(-c2nnc(-c3cc(-c4cccs4)nc4ccccc34)o2)c1. The molecular weight excluding hydrogens is 378 g/mol. The number of hydrogen-bond acceptors (Lipinski definition) is 5. The third-order valence-corrected chi connectivity index (χ3v) is 5.34. The maximum atomic E-state index is 6.08. The lowest BCUT2D eigenvalue weighted by molar-refractivity contribution is 0.585. The molecule has 5 aromatic rings. The third kappa shape index (κ3) is 3.01. The molecular formula is C21H12ClN3OS. The maximum Gasteiger partial charge on any atom is 0.248 e. The molecule has 0 saturated carbocycles. The lowest BCUT2D eigenvalue weighted by atomic mass is 10.1. The van der Waals surface area contributed by atoms with Crippen molar-refractivity contribution in [3.63, 3.8) is 0 Å². The Balaban J connectivity index is 1.69. The summed E-state index contributed by atoms with van der Waals surface area (Å²) in [5.41, 5.74) is 3.44. The summed E-state index contributed by atoms with van der Waals surface area (Å²) in [5.74, 6) is 0.896. The van der Waals surface area contributed by atoms with E-state index in [1.807, 2.05) is 60.0 Å². The number of benzene rings is 2. The Morgan fingerprint density at radius 3 is 2.59 bits per heavy atom. The number of fused-ring (bicyclic) bond motifs is 1. The summed E-state index contributed by atoms with van der Waals surface area (Å²) in [4.78, 5) is 5.88. The minimum Gasteiger partial charge on any atom is -0.416 e. The Labute approximate surface area is 164 Å². The predicted molar refractivity (Wildman–Crippen MR) is 109 cm³/mol. The van der Waals surface area contributed by atoms with Crippen molar-refractivity contribution in [2.75, 3.05) is 0 Å². The molecule has 6 heteroatoms. The van der Waals surface area contributed by atoms with E-state index < -0.39 is 0 Å². The number of para-hydroxylation sites is 1. The topological polar surface area (TPSA) is 51.8 Å². The van der Waals surface area contributed by atoms with Crippen LogP contribution in [0.4, 0.5) is 0 Å². The normalized spacial score (nSPS) is 11.1. The van der Waals surface area contributed by atoms with E-state index in [9.17, 15) is 0 Å². The molecule has 0 aliphatic rings. The van der Waals surface area contributed by atoms with Crippen LogP contribution in [0.2, 0.25) is 5.02 Å². The number of hydrogen-bond donors (Lipinski definition) is 0. The fraction of sp³-hybridized carbons (Fsp3) is 0. The molecule has 5 rings (SSSR count). The second-order valence-electron chi connectivity index (χ2n) is 5.97. The number of halogens is 1. The Hall–Kier alpha value is -3.02. The van der Waals surface area contributed by atoms with Gasteiger partial charge in [-0.05, 0) is 41.8 Å². The van der Waals surface area contributed by atoms with Gasteiger partial charge in [-0.25, -0.2) is 4.98 Å². The van der Waals surface area contributed by atoms with Crippen LogP contribution < -0.4 is 0 Å². The van der Waals surface area contributed by atoms with E-state index in [0.717, 1.165) is 32.6 Å². The monoisotopic (exact) mass is 389 g/mol. The molecule has 130 valence electrons. The molecule has 3 heterocycles. The molecule has 0 spiro atoms. The van der Waals surface area contributed by atoms with E-state index in [-0.39, 0.29) is 0 Å². The van der Waals surface area contributed by atoms with Gasteiger partial charge in [0.1, 0.15) is 0 Å². The highest BCUT2D eigenvalue weighted by Crippen LogP contribution is 2.34. The molecule has 0 aliphatic heterocycles. The Morgan fingerprint density at radius 1 is 0.852 bits per heavy atom. The van der Waals surface area contributed by atoms with Crippen molar-refractivity contribution in [1.29, 1.82) is 0 Å². The molecule has 0 amide bonds. The average Bonchev–Trinajstić information content (AvgIpc) is 3.39. The van der Waals surface area contributed by atoms with Gasteiger partial charge in [0.05, 0.1) is 21.7 Å². The highest BCUT2D eigenvalue weighted by atomic mass is 35.5. The van der Waals surface area contributed by atoms with Crippen molar-refractivity contribution in [1.82, 2.24) is 15.2 Å². The van der Waals surface area contributed by atoms with Crippen LogP contribution in [0.15, 0.2) is 76.5 Å². The van der Waals surface area contributed by atoms with Gasteiger partial charge in [-0.3, -0.25) is 0 Å². The maximum absolute atomic E-state index is 6.08. The quantitative estimate of drug-likeness (QED) is 0.361. The van der Waals surface area contributed by atoms with E-state index in [4.69, 9.17) is 21.0 Å². The van der Waals surface area contributed by atoms with Crippen LogP contribution in [0.1, 0.15) is 0 Å². The van der Waals surface area contributed by atoms with Gasteiger partial charge in [-0.15, -0.1) is 21.5 Å². The first-order valence-corrected chi connectivity index (χ1v) is 9.57. The Morgan fingerprint density at radius 2 is 1.74 bits per heavy atom. The second-order valence-corrected chi connectivity index (χ2v) is 7.36. The van der Waals surface area contributed by atoms with Gasteiger partial charge in [-0.2, -0.15) is 0 Å². The number of thiophene rings is 1. The summed E-state index contributed by atoms with van der Waals surface area (Å²) in [6.07, 6.45) is 0. The van der Waals surface area contributed by atoms with E-state index in [1.165, 1.54) is 0 Å². The molecule has 4 nitrogen and oxygen atoms in total. The van der Waals surface area contributed by atoms with Gasteiger partial charge in [0.2, 0.25) is 11.8 Å². The summed E-state index contributed by atoms with van der Waals surface area (Å²) < 4.78 is 5.99. The van der Waals surface area contributed by atoms with Gasteiger partial charge in [0.15, 0.2) is 0 Å². The molecule has 0 radical (unpaired) electrons. The van der Waals surface area contributed by atoms with E-state index in [0.29, 0.717) is 16.8 Å². The number of aromatic nitrogens is 3. The van der Waals surface area contributed by atoms with Gasteiger partial charge in [-0.1, -0.05) is 41.9 Å². The summed E-state index contributed by atoms with van der Waals surface area (Å²) >= 11 is 7.73. The average molecular weight is 390 g/mol. The van der Waals surface area contributed by atoms with Crippen LogP contribution in [0.3, 0.4) is 0 Å². The Kier molecular flexibility index (Phi) is 3.96. The second kappa shape index (κ2) is 6.61. The van der Waals surface area contributed by atoms with E-state index >= 15 is 0 Å². The molecule has 0 N–H and O–H groups in total. The van der Waals surface area contributed by atoms with Gasteiger partial charge < -0.3 is 4.42 Å². The number of nitrogens with zero attached hydrogens (tertiary/aromatic N) is 3. The van der Waals surface area contributed by atoms with Crippen molar-refractivity contribution < 1.29 is 4.42 Å². The molecule has 0 fully saturated rings. The van der Waals surface area contributed by atoms with Crippen LogP contribution in [-0.2, 0) is 0 Å². The first kappa shape index (κ1) is 16.2. The molecule has 3 aromatic heterocycles. The van der Waals surface area contributed by atoms with Crippen LogP contribution in [0, 0.1) is 0 Å². The van der Waals surface area contributed by atoms with Crippen LogP contribution in [0.25, 0.3) is 44.4 Å². The van der Waals surface area contributed by atoms with E-state index in [1.54, 1.807) is 17.4 Å². The molecule has 0 bridgehead atoms. The van der Waals surface area contributed by atoms with Gasteiger partial charge in [0, 0.05) is 16.0 Å². The zero-order chi connectivity index (χ0) is 18.2. The molecule has 0 unspecified atom stereocenters. The highest BCUT2D eigenvalue weighted by molar-refractivity contribution is 7.13. The third-order valence-electron chi connectivity index (χ3n) is 4.22. The van der Waals surface area contributed by atoms with Crippen molar-refractivity contribution >= 4 is 33.8 Å². The first-order valence-electron chi connectivity index (χ1n) is 8.31. The molecule has 2 aromatic carbocycles. The summed E-state index contributed by atoms with van der Waals surface area (Å²) in [6, 6.07) is 21.4. The highest BCUT2D eigenvalue weighted by Gasteiger charge is 2.16. The van der Waals surface area contributed by atoms with Gasteiger partial charge >= 0.3 is 0 Å².